The van der Waals surface area contributed by atoms with Crippen LogP contribution in [-0.2, 0) is 6.42 Å². The van der Waals surface area contributed by atoms with Crippen LogP contribution in [0.4, 0.5) is 0 Å². The summed E-state index contributed by atoms with van der Waals surface area (Å²) in [5.41, 5.74) is 4.04. The monoisotopic (exact) mass is 219 g/mol. The molecule has 1 aromatic carbocycles. The predicted molar refractivity (Wildman–Crippen MR) is 67.2 cm³/mol. The summed E-state index contributed by atoms with van der Waals surface area (Å²) in [6.45, 7) is 5.47. The molecule has 1 aliphatic heterocycles. The van der Waals surface area contributed by atoms with Crippen molar-refractivity contribution in [3.05, 3.63) is 28.8 Å². The van der Waals surface area contributed by atoms with Crippen molar-refractivity contribution in [1.29, 1.82) is 0 Å². The molecule has 1 atom stereocenters. The molecule has 1 aliphatic rings. The highest BCUT2D eigenvalue weighted by atomic mass is 16.5. The second-order valence-corrected chi connectivity index (χ2v) is 4.75. The molecular weight excluding hydrogens is 198 g/mol. The minimum Gasteiger partial charge on any atom is -0.496 e. The Labute approximate surface area is 98.0 Å². The van der Waals surface area contributed by atoms with Gasteiger partial charge in [-0.3, -0.25) is 0 Å². The molecule has 1 aromatic rings. The minimum absolute atomic E-state index is 0.673. The van der Waals surface area contributed by atoms with Crippen molar-refractivity contribution in [2.75, 3.05) is 13.7 Å². The molecule has 2 rings (SSSR count). The largest absolute Gasteiger partial charge is 0.496 e. The predicted octanol–water partition coefficient (Wildman–Crippen LogP) is 2.61. The summed E-state index contributed by atoms with van der Waals surface area (Å²) in [5, 5.41) is 3.55. The molecule has 1 unspecified atom stereocenters. The third kappa shape index (κ3) is 2.38. The van der Waals surface area contributed by atoms with Crippen LogP contribution in [-0.4, -0.2) is 19.7 Å². The Morgan fingerprint density at radius 3 is 2.75 bits per heavy atom. The van der Waals surface area contributed by atoms with E-state index in [2.05, 4.69) is 31.3 Å². The van der Waals surface area contributed by atoms with Crippen molar-refractivity contribution in [2.24, 2.45) is 0 Å². The van der Waals surface area contributed by atoms with Gasteiger partial charge in [0.2, 0.25) is 0 Å². The topological polar surface area (TPSA) is 21.3 Å². The summed E-state index contributed by atoms with van der Waals surface area (Å²) in [5.74, 6) is 1.00. The van der Waals surface area contributed by atoms with E-state index < -0.39 is 0 Å². The first-order valence-corrected chi connectivity index (χ1v) is 6.08. The van der Waals surface area contributed by atoms with E-state index in [1.54, 1.807) is 7.11 Å². The van der Waals surface area contributed by atoms with E-state index in [0.29, 0.717) is 6.04 Å². The Hall–Kier alpha value is -1.02. The lowest BCUT2D eigenvalue weighted by Gasteiger charge is -2.15. The van der Waals surface area contributed by atoms with E-state index in [1.807, 2.05) is 0 Å². The molecule has 88 valence electrons. The Balaban J connectivity index is 2.17. The third-order valence-corrected chi connectivity index (χ3v) is 3.48. The summed E-state index contributed by atoms with van der Waals surface area (Å²) in [6, 6.07) is 5.10. The van der Waals surface area contributed by atoms with Crippen molar-refractivity contribution >= 4 is 0 Å². The lowest BCUT2D eigenvalue weighted by Crippen LogP contribution is -2.24. The molecule has 16 heavy (non-hydrogen) atoms. The molecule has 1 N–H and O–H groups in total. The van der Waals surface area contributed by atoms with Gasteiger partial charge in [0.05, 0.1) is 7.11 Å². The van der Waals surface area contributed by atoms with Crippen LogP contribution >= 0.6 is 0 Å². The van der Waals surface area contributed by atoms with Crippen LogP contribution in [0.2, 0.25) is 0 Å². The molecule has 1 heterocycles. The van der Waals surface area contributed by atoms with Crippen LogP contribution < -0.4 is 10.1 Å². The molecule has 2 nitrogen and oxygen atoms in total. The molecule has 0 saturated carbocycles. The van der Waals surface area contributed by atoms with Gasteiger partial charge in [0.15, 0.2) is 0 Å². The zero-order valence-corrected chi connectivity index (χ0v) is 10.5. The summed E-state index contributed by atoms with van der Waals surface area (Å²) >= 11 is 0. The maximum Gasteiger partial charge on any atom is 0.122 e. The number of methoxy groups -OCH3 is 1. The van der Waals surface area contributed by atoms with Crippen LogP contribution in [0.15, 0.2) is 12.1 Å². The van der Waals surface area contributed by atoms with Crippen molar-refractivity contribution in [3.8, 4) is 5.75 Å². The van der Waals surface area contributed by atoms with Gasteiger partial charge in [-0.1, -0.05) is 6.07 Å². The van der Waals surface area contributed by atoms with Gasteiger partial charge in [-0.25, -0.2) is 0 Å². The minimum atomic E-state index is 0.673. The molecule has 0 radical (unpaired) electrons. The molecule has 1 saturated heterocycles. The average molecular weight is 219 g/mol. The van der Waals surface area contributed by atoms with E-state index >= 15 is 0 Å². The highest BCUT2D eigenvalue weighted by Crippen LogP contribution is 2.24. The van der Waals surface area contributed by atoms with Gasteiger partial charge in [0, 0.05) is 6.04 Å². The second kappa shape index (κ2) is 4.88. The fourth-order valence-corrected chi connectivity index (χ4v) is 2.49. The van der Waals surface area contributed by atoms with E-state index in [4.69, 9.17) is 4.74 Å². The number of hydrogen-bond donors (Lipinski definition) is 1. The Morgan fingerprint density at radius 2 is 2.12 bits per heavy atom. The number of benzene rings is 1. The molecule has 2 heteroatoms. The van der Waals surface area contributed by atoms with Crippen LogP contribution in [0.25, 0.3) is 0 Å². The summed E-state index contributed by atoms with van der Waals surface area (Å²) in [6.07, 6.45) is 3.78. The van der Waals surface area contributed by atoms with Gasteiger partial charge in [0.1, 0.15) is 5.75 Å². The second-order valence-electron chi connectivity index (χ2n) is 4.75. The summed E-state index contributed by atoms with van der Waals surface area (Å²) in [4.78, 5) is 0. The number of hydrogen-bond acceptors (Lipinski definition) is 2. The van der Waals surface area contributed by atoms with Crippen LogP contribution in [0.1, 0.15) is 29.5 Å². The van der Waals surface area contributed by atoms with Crippen LogP contribution in [0.5, 0.6) is 5.75 Å². The van der Waals surface area contributed by atoms with Crippen LogP contribution in [0, 0.1) is 13.8 Å². The zero-order chi connectivity index (χ0) is 11.5. The lowest BCUT2D eigenvalue weighted by atomic mass is 9.97. The van der Waals surface area contributed by atoms with E-state index in [9.17, 15) is 0 Å². The molecule has 0 aliphatic carbocycles. The van der Waals surface area contributed by atoms with E-state index in [-0.39, 0.29) is 0 Å². The van der Waals surface area contributed by atoms with Crippen molar-refractivity contribution < 1.29 is 4.74 Å². The lowest BCUT2D eigenvalue weighted by molar-refractivity contribution is 0.411. The van der Waals surface area contributed by atoms with Crippen molar-refractivity contribution in [1.82, 2.24) is 5.32 Å². The number of nitrogens with one attached hydrogen (secondary N) is 1. The maximum atomic E-state index is 5.34. The van der Waals surface area contributed by atoms with E-state index in [0.717, 1.165) is 12.2 Å². The Kier molecular flexibility index (Phi) is 3.49. The first-order chi connectivity index (χ1) is 7.70. The van der Waals surface area contributed by atoms with Crippen LogP contribution in [0.3, 0.4) is 0 Å². The highest BCUT2D eigenvalue weighted by Gasteiger charge is 2.16. The van der Waals surface area contributed by atoms with Gasteiger partial charge in [0.25, 0.3) is 0 Å². The van der Waals surface area contributed by atoms with Gasteiger partial charge in [-0.2, -0.15) is 0 Å². The smallest absolute Gasteiger partial charge is 0.122 e. The quantitative estimate of drug-likeness (QED) is 0.843. The number of rotatable bonds is 3. The maximum absolute atomic E-state index is 5.34. The first kappa shape index (κ1) is 11.5. The fraction of sp³-hybridized carbons (Fsp3) is 0.571. The van der Waals surface area contributed by atoms with E-state index in [1.165, 1.54) is 36.1 Å². The number of ether oxygens (including phenoxy) is 1. The third-order valence-electron chi connectivity index (χ3n) is 3.48. The molecule has 0 amide bonds. The number of aryl methyl sites for hydroxylation is 2. The fourth-order valence-electron chi connectivity index (χ4n) is 2.49. The Morgan fingerprint density at radius 1 is 1.31 bits per heavy atom. The molecule has 0 bridgehead atoms. The van der Waals surface area contributed by atoms with Crippen molar-refractivity contribution in [2.45, 2.75) is 39.2 Å². The molecular formula is C14H21NO. The molecule has 0 aromatic heterocycles. The summed E-state index contributed by atoms with van der Waals surface area (Å²) < 4.78 is 5.34. The van der Waals surface area contributed by atoms with Gasteiger partial charge >= 0.3 is 0 Å². The SMILES string of the molecule is COc1cc(C)c(CC2CCCN2)cc1C. The average Bonchev–Trinajstić information content (AvgIpc) is 2.75. The standard InChI is InChI=1S/C14H21NO/c1-10-8-14(16-3)11(2)7-12(10)9-13-5-4-6-15-13/h7-8,13,15H,4-6,9H2,1-3H3. The van der Waals surface area contributed by atoms with Gasteiger partial charge < -0.3 is 10.1 Å². The molecule has 1 fully saturated rings. The zero-order valence-electron chi connectivity index (χ0n) is 10.5. The van der Waals surface area contributed by atoms with Gasteiger partial charge in [-0.15, -0.1) is 0 Å². The van der Waals surface area contributed by atoms with Crippen molar-refractivity contribution in [3.63, 3.8) is 0 Å². The Bertz CT molecular complexity index is 367. The molecule has 0 spiro atoms. The normalized spacial score (nSPS) is 20.1. The highest BCUT2D eigenvalue weighted by molar-refractivity contribution is 5.41. The first-order valence-electron chi connectivity index (χ1n) is 6.08. The van der Waals surface area contributed by atoms with Gasteiger partial charge in [-0.05, 0) is 62.4 Å². The summed E-state index contributed by atoms with van der Waals surface area (Å²) in [7, 11) is 1.74.